The molecule has 1 heterocycles. The van der Waals surface area contributed by atoms with E-state index in [4.69, 9.17) is 4.42 Å². The van der Waals surface area contributed by atoms with Crippen molar-refractivity contribution in [3.05, 3.63) is 24.2 Å². The summed E-state index contributed by atoms with van der Waals surface area (Å²) in [5.74, 6) is -0.759. The molecule has 0 spiro atoms. The second kappa shape index (κ2) is 5.34. The number of carbonyl (C=O) groups is 2. The van der Waals surface area contributed by atoms with Crippen LogP contribution in [0, 0.1) is 5.92 Å². The molecule has 16 heavy (non-hydrogen) atoms. The predicted octanol–water partition coefficient (Wildman–Crippen LogP) is 1.21. The van der Waals surface area contributed by atoms with Crippen LogP contribution in [0.2, 0.25) is 0 Å². The summed E-state index contributed by atoms with van der Waals surface area (Å²) in [6.07, 6.45) is 1.40. The summed E-state index contributed by atoms with van der Waals surface area (Å²) in [6.45, 7) is 3.65. The lowest BCUT2D eigenvalue weighted by Crippen LogP contribution is -2.44. The van der Waals surface area contributed by atoms with Crippen molar-refractivity contribution < 1.29 is 18.7 Å². The van der Waals surface area contributed by atoms with Crippen LogP contribution in [-0.2, 0) is 9.53 Å². The van der Waals surface area contributed by atoms with Gasteiger partial charge in [-0.25, -0.2) is 4.79 Å². The van der Waals surface area contributed by atoms with Crippen LogP contribution in [-0.4, -0.2) is 25.0 Å². The number of esters is 1. The lowest BCUT2D eigenvalue weighted by molar-refractivity contribution is -0.144. The van der Waals surface area contributed by atoms with E-state index in [-0.39, 0.29) is 11.7 Å². The Kier molecular flexibility index (Phi) is 4.10. The van der Waals surface area contributed by atoms with Crippen molar-refractivity contribution in [3.63, 3.8) is 0 Å². The summed E-state index contributed by atoms with van der Waals surface area (Å²) >= 11 is 0. The molecule has 0 aliphatic rings. The van der Waals surface area contributed by atoms with Crippen LogP contribution in [0.25, 0.3) is 0 Å². The Morgan fingerprint density at radius 2 is 2.12 bits per heavy atom. The fraction of sp³-hybridized carbons (Fsp3) is 0.455. The molecule has 0 bridgehead atoms. The van der Waals surface area contributed by atoms with Crippen molar-refractivity contribution in [3.8, 4) is 0 Å². The molecule has 0 unspecified atom stereocenters. The van der Waals surface area contributed by atoms with Gasteiger partial charge in [0.25, 0.3) is 5.91 Å². The van der Waals surface area contributed by atoms with Gasteiger partial charge in [0, 0.05) is 0 Å². The van der Waals surface area contributed by atoms with E-state index in [2.05, 4.69) is 10.1 Å². The number of nitrogens with one attached hydrogen (secondary N) is 1. The average molecular weight is 225 g/mol. The van der Waals surface area contributed by atoms with E-state index in [0.717, 1.165) is 0 Å². The highest BCUT2D eigenvalue weighted by atomic mass is 16.5. The highest BCUT2D eigenvalue weighted by molar-refractivity contribution is 5.94. The summed E-state index contributed by atoms with van der Waals surface area (Å²) in [5.41, 5.74) is 0. The van der Waals surface area contributed by atoms with Crippen molar-refractivity contribution >= 4 is 11.9 Å². The molecule has 0 fully saturated rings. The Hall–Kier alpha value is -1.78. The van der Waals surface area contributed by atoms with Crippen LogP contribution in [0.3, 0.4) is 0 Å². The monoisotopic (exact) mass is 225 g/mol. The van der Waals surface area contributed by atoms with Crippen molar-refractivity contribution in [2.75, 3.05) is 7.11 Å². The van der Waals surface area contributed by atoms with Gasteiger partial charge in [0.05, 0.1) is 13.4 Å². The van der Waals surface area contributed by atoms with Crippen LogP contribution in [0.15, 0.2) is 22.8 Å². The third kappa shape index (κ3) is 2.85. The van der Waals surface area contributed by atoms with Gasteiger partial charge in [0.2, 0.25) is 0 Å². The van der Waals surface area contributed by atoms with Crippen molar-refractivity contribution in [2.24, 2.45) is 5.92 Å². The largest absolute Gasteiger partial charge is 0.467 e. The number of furan rings is 1. The fourth-order valence-electron chi connectivity index (χ4n) is 1.24. The molecule has 1 atom stereocenters. The van der Waals surface area contributed by atoms with Gasteiger partial charge in [-0.3, -0.25) is 4.79 Å². The SMILES string of the molecule is COC(=O)[C@H](NC(=O)c1ccco1)C(C)C. The number of hydrogen-bond acceptors (Lipinski definition) is 4. The van der Waals surface area contributed by atoms with Gasteiger partial charge in [0.1, 0.15) is 6.04 Å². The standard InChI is InChI=1S/C11H15NO4/c1-7(2)9(11(14)15-3)12-10(13)8-5-4-6-16-8/h4-7,9H,1-3H3,(H,12,13)/t9-/m1/s1. The normalized spacial score (nSPS) is 12.2. The van der Waals surface area contributed by atoms with Crippen molar-refractivity contribution in [1.29, 1.82) is 0 Å². The summed E-state index contributed by atoms with van der Waals surface area (Å²) in [5, 5.41) is 2.56. The van der Waals surface area contributed by atoms with Crippen LogP contribution in [0.4, 0.5) is 0 Å². The zero-order valence-electron chi connectivity index (χ0n) is 9.52. The molecule has 0 radical (unpaired) electrons. The van der Waals surface area contributed by atoms with E-state index in [9.17, 15) is 9.59 Å². The second-order valence-electron chi connectivity index (χ2n) is 3.70. The van der Waals surface area contributed by atoms with E-state index in [1.165, 1.54) is 19.4 Å². The first-order chi connectivity index (χ1) is 7.56. The van der Waals surface area contributed by atoms with E-state index in [1.807, 2.05) is 13.8 Å². The second-order valence-corrected chi connectivity index (χ2v) is 3.70. The van der Waals surface area contributed by atoms with E-state index >= 15 is 0 Å². The Morgan fingerprint density at radius 1 is 1.44 bits per heavy atom. The maximum Gasteiger partial charge on any atom is 0.328 e. The van der Waals surface area contributed by atoms with Gasteiger partial charge in [0.15, 0.2) is 5.76 Å². The molecule has 1 aromatic heterocycles. The minimum absolute atomic E-state index is 0.0497. The molecule has 5 heteroatoms. The van der Waals surface area contributed by atoms with E-state index in [1.54, 1.807) is 6.07 Å². The molecular formula is C11H15NO4. The Balaban J connectivity index is 2.69. The highest BCUT2D eigenvalue weighted by Gasteiger charge is 2.25. The maximum absolute atomic E-state index is 11.6. The third-order valence-electron chi connectivity index (χ3n) is 2.15. The first-order valence-electron chi connectivity index (χ1n) is 4.98. The van der Waals surface area contributed by atoms with E-state index in [0.29, 0.717) is 0 Å². The average Bonchev–Trinajstić information content (AvgIpc) is 2.77. The minimum Gasteiger partial charge on any atom is -0.467 e. The summed E-state index contributed by atoms with van der Waals surface area (Å²) in [7, 11) is 1.29. The molecular weight excluding hydrogens is 210 g/mol. The quantitative estimate of drug-likeness (QED) is 0.782. The number of carbonyl (C=O) groups excluding carboxylic acids is 2. The number of rotatable bonds is 4. The van der Waals surface area contributed by atoms with Gasteiger partial charge in [-0.15, -0.1) is 0 Å². The zero-order chi connectivity index (χ0) is 12.1. The van der Waals surface area contributed by atoms with Crippen LogP contribution in [0.1, 0.15) is 24.4 Å². The molecule has 1 aromatic rings. The number of methoxy groups -OCH3 is 1. The van der Waals surface area contributed by atoms with Crippen LogP contribution < -0.4 is 5.32 Å². The minimum atomic E-state index is -0.664. The third-order valence-corrected chi connectivity index (χ3v) is 2.15. The summed E-state index contributed by atoms with van der Waals surface area (Å²) in [4.78, 5) is 23.0. The molecule has 0 saturated carbocycles. The van der Waals surface area contributed by atoms with Gasteiger partial charge >= 0.3 is 5.97 Å². The molecule has 1 N–H and O–H groups in total. The number of hydrogen-bond donors (Lipinski definition) is 1. The summed E-state index contributed by atoms with van der Waals surface area (Å²) < 4.78 is 9.53. The Labute approximate surface area is 93.8 Å². The smallest absolute Gasteiger partial charge is 0.328 e. The van der Waals surface area contributed by atoms with E-state index < -0.39 is 17.9 Å². The van der Waals surface area contributed by atoms with Gasteiger partial charge in [-0.1, -0.05) is 13.8 Å². The maximum atomic E-state index is 11.6. The zero-order valence-corrected chi connectivity index (χ0v) is 9.52. The molecule has 0 aromatic carbocycles. The highest BCUT2D eigenvalue weighted by Crippen LogP contribution is 2.06. The number of ether oxygens (including phenoxy) is 1. The summed E-state index contributed by atoms with van der Waals surface area (Å²) in [6, 6.07) is 2.48. The Morgan fingerprint density at radius 3 is 2.56 bits per heavy atom. The van der Waals surface area contributed by atoms with Crippen molar-refractivity contribution in [2.45, 2.75) is 19.9 Å². The van der Waals surface area contributed by atoms with Gasteiger partial charge < -0.3 is 14.5 Å². The van der Waals surface area contributed by atoms with Gasteiger partial charge in [-0.05, 0) is 18.1 Å². The molecule has 1 rings (SSSR count). The fourth-order valence-corrected chi connectivity index (χ4v) is 1.24. The van der Waals surface area contributed by atoms with Gasteiger partial charge in [-0.2, -0.15) is 0 Å². The molecule has 0 aliphatic heterocycles. The number of amides is 1. The first kappa shape index (κ1) is 12.3. The molecule has 1 amide bonds. The lowest BCUT2D eigenvalue weighted by atomic mass is 10.0. The Bertz CT molecular complexity index is 356. The predicted molar refractivity (Wildman–Crippen MR) is 56.8 cm³/mol. The first-order valence-corrected chi connectivity index (χ1v) is 4.98. The van der Waals surface area contributed by atoms with Crippen LogP contribution >= 0.6 is 0 Å². The topological polar surface area (TPSA) is 68.5 Å². The molecule has 5 nitrogen and oxygen atoms in total. The molecule has 0 aliphatic carbocycles. The molecule has 88 valence electrons. The lowest BCUT2D eigenvalue weighted by Gasteiger charge is -2.18. The molecule has 0 saturated heterocycles. The van der Waals surface area contributed by atoms with Crippen molar-refractivity contribution in [1.82, 2.24) is 5.32 Å². The van der Waals surface area contributed by atoms with Crippen LogP contribution in [0.5, 0.6) is 0 Å².